The van der Waals surface area contributed by atoms with Crippen LogP contribution in [0.3, 0.4) is 0 Å². The molecular formula is C13H30N2O. The molecule has 0 bridgehead atoms. The molecule has 0 aromatic rings. The average molecular weight is 230 g/mol. The molecule has 0 aliphatic carbocycles. The lowest BCUT2D eigenvalue weighted by Crippen LogP contribution is -2.47. The number of rotatable bonds is 5. The molecule has 0 aliphatic heterocycles. The van der Waals surface area contributed by atoms with Gasteiger partial charge in [-0.3, -0.25) is 4.79 Å². The minimum Gasteiger partial charge on any atom is -0.337 e. The van der Waals surface area contributed by atoms with Gasteiger partial charge in [0.1, 0.15) is 0 Å². The van der Waals surface area contributed by atoms with E-state index >= 15 is 0 Å². The topological polar surface area (TPSA) is 32.3 Å². The molecule has 0 radical (unpaired) electrons. The van der Waals surface area contributed by atoms with Crippen LogP contribution < -0.4 is 5.32 Å². The zero-order valence-electron chi connectivity index (χ0n) is 12.2. The van der Waals surface area contributed by atoms with Gasteiger partial charge in [-0.05, 0) is 33.7 Å². The van der Waals surface area contributed by atoms with Crippen molar-refractivity contribution in [1.29, 1.82) is 0 Å². The van der Waals surface area contributed by atoms with Gasteiger partial charge in [-0.25, -0.2) is 0 Å². The Morgan fingerprint density at radius 2 is 1.69 bits per heavy atom. The molecule has 0 saturated heterocycles. The Kier molecular flexibility index (Phi) is 10.7. The molecule has 0 spiro atoms. The molecule has 3 heteroatoms. The Labute approximate surface area is 102 Å². The monoisotopic (exact) mass is 230 g/mol. The Balaban J connectivity index is 0. The summed E-state index contributed by atoms with van der Waals surface area (Å²) in [6, 6.07) is 0. The number of nitrogens with zero attached hydrogens (tertiary/aromatic N) is 1. The Bertz CT molecular complexity index is 173. The largest absolute Gasteiger partial charge is 0.337 e. The molecule has 0 unspecified atom stereocenters. The normalized spacial score (nSPS) is 10.4. The minimum atomic E-state index is -0.0697. The Morgan fingerprint density at radius 1 is 1.19 bits per heavy atom. The smallest absolute Gasteiger partial charge is 0.219 e. The lowest BCUT2D eigenvalue weighted by atomic mass is 10.1. The molecule has 1 amide bonds. The maximum atomic E-state index is 11.4. The second-order valence-electron chi connectivity index (χ2n) is 4.59. The summed E-state index contributed by atoms with van der Waals surface area (Å²) in [5, 5.41) is 3.30. The van der Waals surface area contributed by atoms with Crippen molar-refractivity contribution in [2.45, 2.75) is 60.4 Å². The molecule has 0 rings (SSSR count). The van der Waals surface area contributed by atoms with Crippen LogP contribution in [0.25, 0.3) is 0 Å². The van der Waals surface area contributed by atoms with Gasteiger partial charge in [0, 0.05) is 25.6 Å². The highest BCUT2D eigenvalue weighted by Gasteiger charge is 2.22. The number of carbonyl (C=O) groups is 1. The zero-order valence-corrected chi connectivity index (χ0v) is 12.2. The van der Waals surface area contributed by atoms with Gasteiger partial charge in [-0.1, -0.05) is 20.8 Å². The maximum Gasteiger partial charge on any atom is 0.219 e. The molecule has 1 N–H and O–H groups in total. The molecule has 0 aromatic carbocycles. The fourth-order valence-electron chi connectivity index (χ4n) is 1.46. The van der Waals surface area contributed by atoms with Crippen LogP contribution in [0.15, 0.2) is 0 Å². The van der Waals surface area contributed by atoms with Gasteiger partial charge in [0.25, 0.3) is 0 Å². The summed E-state index contributed by atoms with van der Waals surface area (Å²) in [5.74, 6) is 0.149. The van der Waals surface area contributed by atoms with Crippen LogP contribution in [0.5, 0.6) is 0 Å². The lowest BCUT2D eigenvalue weighted by Gasteiger charge is -2.35. The maximum absolute atomic E-state index is 11.4. The molecule has 98 valence electrons. The van der Waals surface area contributed by atoms with Gasteiger partial charge >= 0.3 is 0 Å². The highest BCUT2D eigenvalue weighted by Crippen LogP contribution is 2.12. The van der Waals surface area contributed by atoms with E-state index in [1.165, 1.54) is 0 Å². The van der Waals surface area contributed by atoms with E-state index in [-0.39, 0.29) is 11.4 Å². The first-order valence-corrected chi connectivity index (χ1v) is 6.38. The third-order valence-electron chi connectivity index (χ3n) is 2.13. The average Bonchev–Trinajstić information content (AvgIpc) is 2.18. The predicted molar refractivity (Wildman–Crippen MR) is 71.6 cm³/mol. The van der Waals surface area contributed by atoms with Crippen molar-refractivity contribution in [2.24, 2.45) is 0 Å². The summed E-state index contributed by atoms with van der Waals surface area (Å²) in [4.78, 5) is 13.3. The highest BCUT2D eigenvalue weighted by molar-refractivity contribution is 5.74. The van der Waals surface area contributed by atoms with Gasteiger partial charge in [0.15, 0.2) is 0 Å². The fourth-order valence-corrected chi connectivity index (χ4v) is 1.46. The zero-order chi connectivity index (χ0) is 13.2. The third-order valence-corrected chi connectivity index (χ3v) is 2.13. The first-order valence-electron chi connectivity index (χ1n) is 6.38. The van der Waals surface area contributed by atoms with Gasteiger partial charge in [-0.15, -0.1) is 0 Å². The molecule has 0 aliphatic rings. The number of nitrogens with one attached hydrogen (secondary N) is 1. The molecule has 3 nitrogen and oxygen atoms in total. The van der Waals surface area contributed by atoms with Crippen molar-refractivity contribution in [3.63, 3.8) is 0 Å². The lowest BCUT2D eigenvalue weighted by molar-refractivity contribution is -0.133. The summed E-state index contributed by atoms with van der Waals surface area (Å²) in [5.41, 5.74) is -0.0697. The minimum absolute atomic E-state index is 0.0697. The number of amides is 1. The molecular weight excluding hydrogens is 200 g/mol. The van der Waals surface area contributed by atoms with Gasteiger partial charge < -0.3 is 10.2 Å². The first kappa shape index (κ1) is 17.8. The predicted octanol–water partition coefficient (Wildman–Crippen LogP) is 2.66. The third kappa shape index (κ3) is 8.72. The number of hydrogen-bond acceptors (Lipinski definition) is 2. The highest BCUT2D eigenvalue weighted by atomic mass is 16.2. The van der Waals surface area contributed by atoms with E-state index in [9.17, 15) is 4.79 Å². The van der Waals surface area contributed by atoms with E-state index in [1.54, 1.807) is 6.92 Å². The molecule has 0 heterocycles. The Morgan fingerprint density at radius 3 is 2.00 bits per heavy atom. The van der Waals surface area contributed by atoms with E-state index in [4.69, 9.17) is 0 Å². The molecule has 0 saturated carbocycles. The van der Waals surface area contributed by atoms with Crippen molar-refractivity contribution >= 4 is 5.91 Å². The molecule has 0 aromatic heterocycles. The van der Waals surface area contributed by atoms with E-state index in [2.05, 4.69) is 33.0 Å². The van der Waals surface area contributed by atoms with Gasteiger partial charge in [0.2, 0.25) is 5.91 Å². The van der Waals surface area contributed by atoms with Gasteiger partial charge in [0.05, 0.1) is 0 Å². The first-order chi connectivity index (χ1) is 7.39. The SMILES string of the molecule is CC.CCCNCCN(C(C)=O)C(C)(C)C. The van der Waals surface area contributed by atoms with Crippen LogP contribution in [0.2, 0.25) is 0 Å². The Hall–Kier alpha value is -0.570. The van der Waals surface area contributed by atoms with Crippen molar-refractivity contribution in [2.75, 3.05) is 19.6 Å². The summed E-state index contributed by atoms with van der Waals surface area (Å²) in [6.45, 7) is 16.7. The van der Waals surface area contributed by atoms with Crippen LogP contribution in [0.4, 0.5) is 0 Å². The number of carbonyl (C=O) groups excluding carboxylic acids is 1. The van der Waals surface area contributed by atoms with Crippen molar-refractivity contribution in [3.8, 4) is 0 Å². The van der Waals surface area contributed by atoms with E-state index in [0.29, 0.717) is 0 Å². The summed E-state index contributed by atoms with van der Waals surface area (Å²) < 4.78 is 0. The number of hydrogen-bond donors (Lipinski definition) is 1. The van der Waals surface area contributed by atoms with Crippen molar-refractivity contribution in [3.05, 3.63) is 0 Å². The van der Waals surface area contributed by atoms with Gasteiger partial charge in [-0.2, -0.15) is 0 Å². The molecule has 16 heavy (non-hydrogen) atoms. The summed E-state index contributed by atoms with van der Waals surface area (Å²) in [7, 11) is 0. The van der Waals surface area contributed by atoms with E-state index in [1.807, 2.05) is 18.7 Å². The van der Waals surface area contributed by atoms with E-state index < -0.39 is 0 Å². The van der Waals surface area contributed by atoms with Crippen molar-refractivity contribution < 1.29 is 4.79 Å². The van der Waals surface area contributed by atoms with Crippen LogP contribution in [-0.2, 0) is 4.79 Å². The standard InChI is InChI=1S/C11H24N2O.C2H6/c1-6-7-12-8-9-13(10(2)14)11(3,4)5;1-2/h12H,6-9H2,1-5H3;1-2H3. The van der Waals surface area contributed by atoms with Crippen molar-refractivity contribution in [1.82, 2.24) is 10.2 Å². The second-order valence-corrected chi connectivity index (χ2v) is 4.59. The summed E-state index contributed by atoms with van der Waals surface area (Å²) >= 11 is 0. The van der Waals surface area contributed by atoms with Crippen LogP contribution in [-0.4, -0.2) is 36.0 Å². The van der Waals surface area contributed by atoms with Crippen LogP contribution in [0.1, 0.15) is 54.9 Å². The van der Waals surface area contributed by atoms with Crippen LogP contribution in [0, 0.1) is 0 Å². The second kappa shape index (κ2) is 9.64. The molecule has 0 fully saturated rings. The van der Waals surface area contributed by atoms with Crippen LogP contribution >= 0.6 is 0 Å². The van der Waals surface area contributed by atoms with E-state index in [0.717, 1.165) is 26.1 Å². The summed E-state index contributed by atoms with van der Waals surface area (Å²) in [6.07, 6.45) is 1.13. The molecule has 0 atom stereocenters. The fraction of sp³-hybridized carbons (Fsp3) is 0.923. The quantitative estimate of drug-likeness (QED) is 0.736.